The Morgan fingerprint density at radius 2 is 2.36 bits per heavy atom. The predicted octanol–water partition coefficient (Wildman–Crippen LogP) is -0.459. The lowest BCUT2D eigenvalue weighted by Crippen LogP contribution is -2.40. The molecule has 0 radical (unpaired) electrons. The maximum absolute atomic E-state index is 5.10. The van der Waals surface area contributed by atoms with Crippen LogP contribution in [0.15, 0.2) is 10.9 Å². The Morgan fingerprint density at radius 1 is 1.43 bits per heavy atom. The number of aromatic nitrogens is 5. The van der Waals surface area contributed by atoms with E-state index in [1.54, 1.807) is 0 Å². The maximum atomic E-state index is 5.10. The normalized spacial score (nSPS) is 16.9. The molecule has 0 aromatic carbocycles. The van der Waals surface area contributed by atoms with E-state index in [1.165, 1.54) is 6.33 Å². The molecule has 0 atom stereocenters. The maximum Gasteiger partial charge on any atom is 0.239 e. The van der Waals surface area contributed by atoms with Crippen molar-refractivity contribution in [2.24, 2.45) is 0 Å². The van der Waals surface area contributed by atoms with E-state index in [9.17, 15) is 0 Å². The minimum absolute atomic E-state index is 0.346. The van der Waals surface area contributed by atoms with Crippen molar-refractivity contribution in [1.82, 2.24) is 30.6 Å². The Labute approximate surface area is 78.9 Å². The smallest absolute Gasteiger partial charge is 0.239 e. The van der Waals surface area contributed by atoms with Gasteiger partial charge in [-0.05, 0) is 0 Å². The molecule has 2 aromatic heterocycles. The topological polar surface area (TPSA) is 92.5 Å². The van der Waals surface area contributed by atoms with Crippen LogP contribution in [0.1, 0.15) is 11.8 Å². The van der Waals surface area contributed by atoms with Gasteiger partial charge in [-0.25, -0.2) is 4.98 Å². The summed E-state index contributed by atoms with van der Waals surface area (Å²) in [6.45, 7) is 1.80. The van der Waals surface area contributed by atoms with Gasteiger partial charge in [-0.1, -0.05) is 5.16 Å². The summed E-state index contributed by atoms with van der Waals surface area (Å²) in [5.74, 6) is 2.01. The standard InChI is InChI=1S/C7H8N6O/c1-4(2-8-1)7-11-6(13-14-7)5-9-3-10-12-5/h3-4,8H,1-2H2,(H,9,10,12). The monoisotopic (exact) mass is 192 g/mol. The highest BCUT2D eigenvalue weighted by molar-refractivity contribution is 5.39. The molecule has 0 bridgehead atoms. The molecule has 7 heteroatoms. The Bertz CT molecular complexity index is 417. The third-order valence-corrected chi connectivity index (χ3v) is 2.20. The first-order valence-corrected chi connectivity index (χ1v) is 4.33. The summed E-state index contributed by atoms with van der Waals surface area (Å²) < 4.78 is 5.10. The fraction of sp³-hybridized carbons (Fsp3) is 0.429. The van der Waals surface area contributed by atoms with Crippen LogP contribution in [0.4, 0.5) is 0 Å². The highest BCUT2D eigenvalue weighted by atomic mass is 16.5. The number of rotatable bonds is 2. The van der Waals surface area contributed by atoms with Gasteiger partial charge >= 0.3 is 0 Å². The lowest BCUT2D eigenvalue weighted by Gasteiger charge is -2.22. The second-order valence-corrected chi connectivity index (χ2v) is 3.15. The minimum atomic E-state index is 0.346. The largest absolute Gasteiger partial charge is 0.338 e. The quantitative estimate of drug-likeness (QED) is 0.669. The summed E-state index contributed by atoms with van der Waals surface area (Å²) in [6, 6.07) is 0. The molecule has 14 heavy (non-hydrogen) atoms. The number of hydrogen-bond acceptors (Lipinski definition) is 6. The molecular weight excluding hydrogens is 184 g/mol. The molecule has 72 valence electrons. The van der Waals surface area contributed by atoms with Crippen LogP contribution < -0.4 is 5.32 Å². The molecule has 3 heterocycles. The van der Waals surface area contributed by atoms with Crippen LogP contribution in [0.5, 0.6) is 0 Å². The van der Waals surface area contributed by atoms with Crippen molar-refractivity contribution >= 4 is 0 Å². The third-order valence-electron chi connectivity index (χ3n) is 2.20. The fourth-order valence-corrected chi connectivity index (χ4v) is 1.27. The van der Waals surface area contributed by atoms with Crippen molar-refractivity contribution in [2.45, 2.75) is 5.92 Å². The molecule has 0 spiro atoms. The zero-order valence-corrected chi connectivity index (χ0v) is 7.27. The van der Waals surface area contributed by atoms with E-state index in [2.05, 4.69) is 30.6 Å². The highest BCUT2D eigenvalue weighted by Crippen LogP contribution is 2.19. The molecule has 1 aliphatic heterocycles. The van der Waals surface area contributed by atoms with Crippen molar-refractivity contribution in [2.75, 3.05) is 13.1 Å². The zero-order valence-electron chi connectivity index (χ0n) is 7.27. The van der Waals surface area contributed by atoms with Crippen LogP contribution in [0.2, 0.25) is 0 Å². The van der Waals surface area contributed by atoms with Crippen molar-refractivity contribution in [3.63, 3.8) is 0 Å². The molecule has 0 saturated carbocycles. The third kappa shape index (κ3) is 1.10. The first kappa shape index (κ1) is 7.63. The first-order valence-electron chi connectivity index (χ1n) is 4.33. The van der Waals surface area contributed by atoms with Gasteiger partial charge in [0.25, 0.3) is 0 Å². The minimum Gasteiger partial charge on any atom is -0.338 e. The van der Waals surface area contributed by atoms with Gasteiger partial charge in [0, 0.05) is 13.1 Å². The fourth-order valence-electron chi connectivity index (χ4n) is 1.27. The van der Waals surface area contributed by atoms with Gasteiger partial charge in [-0.15, -0.1) is 0 Å². The van der Waals surface area contributed by atoms with E-state index in [1.807, 2.05) is 0 Å². The SMILES string of the molecule is c1n[nH]c(-c2noc(C3CNC3)n2)n1. The van der Waals surface area contributed by atoms with E-state index < -0.39 is 0 Å². The number of hydrogen-bond donors (Lipinski definition) is 2. The molecular formula is C7H8N6O. The molecule has 0 unspecified atom stereocenters. The lowest BCUT2D eigenvalue weighted by atomic mass is 10.0. The van der Waals surface area contributed by atoms with Crippen molar-refractivity contribution in [1.29, 1.82) is 0 Å². The number of H-pyrrole nitrogens is 1. The summed E-state index contributed by atoms with van der Waals surface area (Å²) in [7, 11) is 0. The Balaban J connectivity index is 1.90. The van der Waals surface area contributed by atoms with Crippen LogP contribution in [-0.4, -0.2) is 38.4 Å². The average molecular weight is 192 g/mol. The summed E-state index contributed by atoms with van der Waals surface area (Å²) >= 11 is 0. The molecule has 0 aliphatic carbocycles. The lowest BCUT2D eigenvalue weighted by molar-refractivity contribution is 0.308. The Morgan fingerprint density at radius 3 is 3.00 bits per heavy atom. The highest BCUT2D eigenvalue weighted by Gasteiger charge is 2.25. The zero-order chi connectivity index (χ0) is 9.38. The van der Waals surface area contributed by atoms with Crippen LogP contribution in [0, 0.1) is 0 Å². The summed E-state index contributed by atoms with van der Waals surface area (Å²) in [4.78, 5) is 8.16. The molecule has 1 fully saturated rings. The van der Waals surface area contributed by atoms with E-state index in [-0.39, 0.29) is 0 Å². The second-order valence-electron chi connectivity index (χ2n) is 3.15. The van der Waals surface area contributed by atoms with Crippen LogP contribution in [0.3, 0.4) is 0 Å². The first-order chi connectivity index (χ1) is 6.93. The summed E-state index contributed by atoms with van der Waals surface area (Å²) in [5.41, 5.74) is 0. The van der Waals surface area contributed by atoms with Crippen LogP contribution in [-0.2, 0) is 0 Å². The Kier molecular flexibility index (Phi) is 1.57. The van der Waals surface area contributed by atoms with Gasteiger partial charge in [0.1, 0.15) is 6.33 Å². The number of nitrogens with one attached hydrogen (secondary N) is 2. The molecule has 1 aliphatic rings. The van der Waals surface area contributed by atoms with Gasteiger partial charge < -0.3 is 9.84 Å². The van der Waals surface area contributed by atoms with Crippen LogP contribution in [0.25, 0.3) is 11.6 Å². The number of nitrogens with zero attached hydrogens (tertiary/aromatic N) is 4. The second kappa shape index (κ2) is 2.88. The van der Waals surface area contributed by atoms with Crippen molar-refractivity contribution in [3.05, 3.63) is 12.2 Å². The molecule has 2 N–H and O–H groups in total. The predicted molar refractivity (Wildman–Crippen MR) is 45.3 cm³/mol. The molecule has 2 aromatic rings. The number of aromatic amines is 1. The van der Waals surface area contributed by atoms with Gasteiger partial charge in [-0.2, -0.15) is 10.1 Å². The van der Waals surface area contributed by atoms with Gasteiger partial charge in [0.15, 0.2) is 5.82 Å². The van der Waals surface area contributed by atoms with Gasteiger partial charge in [0.2, 0.25) is 11.7 Å². The van der Waals surface area contributed by atoms with Crippen LogP contribution >= 0.6 is 0 Å². The van der Waals surface area contributed by atoms with E-state index in [4.69, 9.17) is 4.52 Å². The molecule has 7 nitrogen and oxygen atoms in total. The Hall–Kier alpha value is -1.76. The van der Waals surface area contributed by atoms with E-state index in [0.717, 1.165) is 13.1 Å². The molecule has 0 amide bonds. The summed E-state index contributed by atoms with van der Waals surface area (Å²) in [5, 5.41) is 13.4. The van der Waals surface area contributed by atoms with E-state index >= 15 is 0 Å². The van der Waals surface area contributed by atoms with Crippen molar-refractivity contribution < 1.29 is 4.52 Å². The average Bonchev–Trinajstić information content (AvgIpc) is 2.65. The van der Waals surface area contributed by atoms with Gasteiger partial charge in [-0.3, -0.25) is 5.10 Å². The van der Waals surface area contributed by atoms with E-state index in [0.29, 0.717) is 23.5 Å². The van der Waals surface area contributed by atoms with Gasteiger partial charge in [0.05, 0.1) is 5.92 Å². The van der Waals surface area contributed by atoms with Crippen molar-refractivity contribution in [3.8, 4) is 11.6 Å². The molecule has 1 saturated heterocycles. The molecule has 3 rings (SSSR count). The summed E-state index contributed by atoms with van der Waals surface area (Å²) in [6.07, 6.45) is 1.41.